The second-order valence-electron chi connectivity index (χ2n) is 6.91. The Labute approximate surface area is 169 Å². The fourth-order valence-corrected chi connectivity index (χ4v) is 4.22. The molecule has 2 aromatic rings. The van der Waals surface area contributed by atoms with Gasteiger partial charge in [0.05, 0.1) is 17.7 Å². The number of methoxy groups -OCH3 is 1. The summed E-state index contributed by atoms with van der Waals surface area (Å²) in [6.45, 7) is 4.35. The van der Waals surface area contributed by atoms with Crippen molar-refractivity contribution in [3.63, 3.8) is 0 Å². The summed E-state index contributed by atoms with van der Waals surface area (Å²) in [5.41, 5.74) is 4.27. The highest BCUT2D eigenvalue weighted by Gasteiger charge is 2.24. The maximum absolute atomic E-state index is 12.4. The largest absolute Gasteiger partial charge is 0.497 e. The molecule has 1 N–H and O–H groups in total. The molecule has 0 radical (unpaired) electrons. The van der Waals surface area contributed by atoms with Gasteiger partial charge in [-0.05, 0) is 85.1 Å². The molecule has 0 aromatic heterocycles. The van der Waals surface area contributed by atoms with E-state index in [2.05, 4.69) is 40.3 Å². The predicted molar refractivity (Wildman–Crippen MR) is 116 cm³/mol. The molecule has 2 aliphatic heterocycles. The van der Waals surface area contributed by atoms with Gasteiger partial charge in [-0.1, -0.05) is 6.07 Å². The third kappa shape index (κ3) is 4.07. The predicted octanol–water partition coefficient (Wildman–Crippen LogP) is 4.50. The van der Waals surface area contributed by atoms with Crippen LogP contribution in [-0.4, -0.2) is 31.3 Å². The van der Waals surface area contributed by atoms with Crippen molar-refractivity contribution in [3.8, 4) is 5.75 Å². The first-order valence-corrected chi connectivity index (χ1v) is 10.2. The molecular weight excluding hydrogens is 370 g/mol. The molecule has 6 heteroatoms. The van der Waals surface area contributed by atoms with E-state index in [1.807, 2.05) is 30.3 Å². The summed E-state index contributed by atoms with van der Waals surface area (Å²) in [6, 6.07) is 13.9. The van der Waals surface area contributed by atoms with Crippen molar-refractivity contribution in [2.45, 2.75) is 19.8 Å². The van der Waals surface area contributed by atoms with Crippen LogP contribution in [0.3, 0.4) is 0 Å². The highest BCUT2D eigenvalue weighted by Crippen LogP contribution is 2.30. The second kappa shape index (κ2) is 8.10. The van der Waals surface area contributed by atoms with Gasteiger partial charge in [0.25, 0.3) is 5.91 Å². The monoisotopic (exact) mass is 393 g/mol. The maximum Gasteiger partial charge on any atom is 0.264 e. The number of carbonyl (C=O) groups is 1. The summed E-state index contributed by atoms with van der Waals surface area (Å²) in [5, 5.41) is 3.43. The number of amides is 1. The van der Waals surface area contributed by atoms with Crippen molar-refractivity contribution < 1.29 is 9.53 Å². The van der Waals surface area contributed by atoms with Crippen LogP contribution in [0.2, 0.25) is 0 Å². The lowest BCUT2D eigenvalue weighted by atomic mass is 10.1. The average Bonchev–Trinajstić information content (AvgIpc) is 3.34. The zero-order valence-corrected chi connectivity index (χ0v) is 16.9. The number of hydrogen-bond acceptors (Lipinski definition) is 5. The van der Waals surface area contributed by atoms with Crippen LogP contribution >= 0.6 is 11.8 Å². The van der Waals surface area contributed by atoms with Crippen molar-refractivity contribution in [2.75, 3.05) is 25.1 Å². The molecule has 2 fully saturated rings. The summed E-state index contributed by atoms with van der Waals surface area (Å²) in [4.78, 5) is 19.9. The number of ether oxygens (including phenoxy) is 1. The number of thioether (sulfide) groups is 1. The van der Waals surface area contributed by atoms with Crippen molar-refractivity contribution in [3.05, 3.63) is 58.5 Å². The molecule has 2 aromatic carbocycles. The number of nitrogens with zero attached hydrogens (tertiary/aromatic N) is 2. The third-order valence-corrected chi connectivity index (χ3v) is 5.88. The zero-order valence-electron chi connectivity index (χ0n) is 16.1. The minimum atomic E-state index is -0.111. The van der Waals surface area contributed by atoms with Crippen molar-refractivity contribution in [1.82, 2.24) is 5.32 Å². The van der Waals surface area contributed by atoms with E-state index in [1.165, 1.54) is 35.9 Å². The number of amidine groups is 1. The standard InChI is InChI=1S/C22H23N3O2S/c1-15-13-18(25-11-3-4-12-25)8-5-16(15)14-20-21(26)24-22(28-20)23-17-6-9-19(27-2)10-7-17/h5-10,13-14H,3-4,11-12H2,1-2H3,(H,23,24,26)/b20-14-. The Balaban J connectivity index is 1.51. The Bertz CT molecular complexity index is 945. The van der Waals surface area contributed by atoms with E-state index < -0.39 is 0 Å². The van der Waals surface area contributed by atoms with Crippen LogP contribution in [0.1, 0.15) is 24.0 Å². The molecule has 4 rings (SSSR count). The van der Waals surface area contributed by atoms with Crippen LogP contribution in [0, 0.1) is 6.92 Å². The number of aliphatic imine (C=N–C) groups is 1. The van der Waals surface area contributed by atoms with Crippen LogP contribution in [-0.2, 0) is 4.79 Å². The number of rotatable bonds is 4. The molecule has 144 valence electrons. The number of aryl methyl sites for hydroxylation is 1. The van der Waals surface area contributed by atoms with E-state index in [-0.39, 0.29) is 5.91 Å². The number of nitrogens with one attached hydrogen (secondary N) is 1. The van der Waals surface area contributed by atoms with E-state index in [9.17, 15) is 4.79 Å². The topological polar surface area (TPSA) is 53.9 Å². The summed E-state index contributed by atoms with van der Waals surface area (Å²) < 4.78 is 5.16. The van der Waals surface area contributed by atoms with E-state index in [4.69, 9.17) is 4.74 Å². The maximum atomic E-state index is 12.4. The molecule has 2 heterocycles. The van der Waals surface area contributed by atoms with Gasteiger partial charge in [0.15, 0.2) is 5.17 Å². The Hall–Kier alpha value is -2.73. The highest BCUT2D eigenvalue weighted by molar-refractivity contribution is 8.18. The molecular formula is C22H23N3O2S. The summed E-state index contributed by atoms with van der Waals surface area (Å²) in [5.74, 6) is 0.667. The number of anilines is 1. The van der Waals surface area contributed by atoms with E-state index in [0.717, 1.165) is 30.1 Å². The van der Waals surface area contributed by atoms with Gasteiger partial charge >= 0.3 is 0 Å². The third-order valence-electron chi connectivity index (χ3n) is 4.97. The lowest BCUT2D eigenvalue weighted by molar-refractivity contribution is -0.115. The van der Waals surface area contributed by atoms with Crippen LogP contribution < -0.4 is 15.0 Å². The normalized spacial score (nSPS) is 19.5. The van der Waals surface area contributed by atoms with E-state index in [0.29, 0.717) is 10.1 Å². The Morgan fingerprint density at radius 1 is 1.14 bits per heavy atom. The molecule has 0 unspecified atom stereocenters. The second-order valence-corrected chi connectivity index (χ2v) is 7.95. The van der Waals surface area contributed by atoms with Gasteiger partial charge in [0, 0.05) is 18.8 Å². The first-order valence-electron chi connectivity index (χ1n) is 9.41. The zero-order chi connectivity index (χ0) is 19.5. The quantitative estimate of drug-likeness (QED) is 0.778. The molecule has 1 amide bonds. The van der Waals surface area contributed by atoms with Gasteiger partial charge in [0.1, 0.15) is 5.75 Å². The minimum absolute atomic E-state index is 0.111. The van der Waals surface area contributed by atoms with Crippen LogP contribution in [0.25, 0.3) is 6.08 Å². The first-order chi connectivity index (χ1) is 13.6. The molecule has 2 saturated heterocycles. The first kappa shape index (κ1) is 18.6. The van der Waals surface area contributed by atoms with E-state index in [1.54, 1.807) is 7.11 Å². The Kier molecular flexibility index (Phi) is 5.39. The molecule has 5 nitrogen and oxygen atoms in total. The number of carbonyl (C=O) groups excluding carboxylic acids is 1. The molecule has 0 spiro atoms. The van der Waals surface area contributed by atoms with Gasteiger partial charge in [-0.25, -0.2) is 4.99 Å². The van der Waals surface area contributed by atoms with Gasteiger partial charge in [0.2, 0.25) is 0 Å². The van der Waals surface area contributed by atoms with Gasteiger partial charge in [-0.15, -0.1) is 0 Å². The molecule has 0 aliphatic carbocycles. The summed E-state index contributed by atoms with van der Waals surface area (Å²) in [7, 11) is 1.63. The van der Waals surface area contributed by atoms with Crippen LogP contribution in [0.5, 0.6) is 5.75 Å². The Morgan fingerprint density at radius 3 is 2.57 bits per heavy atom. The van der Waals surface area contributed by atoms with Crippen molar-refractivity contribution >= 4 is 40.3 Å². The molecule has 0 saturated carbocycles. The highest BCUT2D eigenvalue weighted by atomic mass is 32.2. The number of hydrogen-bond donors (Lipinski definition) is 1. The van der Waals surface area contributed by atoms with E-state index >= 15 is 0 Å². The summed E-state index contributed by atoms with van der Waals surface area (Å²) in [6.07, 6.45) is 4.47. The van der Waals surface area contributed by atoms with Gasteiger partial charge in [-0.3, -0.25) is 4.79 Å². The molecule has 28 heavy (non-hydrogen) atoms. The molecule has 0 atom stereocenters. The minimum Gasteiger partial charge on any atom is -0.497 e. The lowest BCUT2D eigenvalue weighted by Crippen LogP contribution is -2.19. The van der Waals surface area contributed by atoms with Crippen molar-refractivity contribution in [1.29, 1.82) is 0 Å². The SMILES string of the molecule is COc1ccc(N=C2NC(=O)/C(=C/c3ccc(N4CCCC4)cc3C)S2)cc1. The van der Waals surface area contributed by atoms with Gasteiger partial charge < -0.3 is 15.0 Å². The van der Waals surface area contributed by atoms with Crippen LogP contribution in [0.4, 0.5) is 11.4 Å². The fourth-order valence-electron chi connectivity index (χ4n) is 3.39. The van der Waals surface area contributed by atoms with Crippen molar-refractivity contribution in [2.24, 2.45) is 4.99 Å². The van der Waals surface area contributed by atoms with Gasteiger partial charge in [-0.2, -0.15) is 0 Å². The fraction of sp³-hybridized carbons (Fsp3) is 0.273. The van der Waals surface area contributed by atoms with Crippen LogP contribution in [0.15, 0.2) is 52.4 Å². The summed E-state index contributed by atoms with van der Waals surface area (Å²) >= 11 is 1.37. The molecule has 2 aliphatic rings. The number of benzene rings is 2. The Morgan fingerprint density at radius 2 is 1.89 bits per heavy atom. The lowest BCUT2D eigenvalue weighted by Gasteiger charge is -2.18. The smallest absolute Gasteiger partial charge is 0.264 e. The average molecular weight is 394 g/mol. The molecule has 0 bridgehead atoms.